The van der Waals surface area contributed by atoms with E-state index < -0.39 is 5.91 Å². The molecular formula is C12H10N2O2. The molecular weight excluding hydrogens is 204 g/mol. The molecule has 0 fully saturated rings. The number of nitrogens with two attached hydrogens (primary N) is 1. The lowest BCUT2D eigenvalue weighted by molar-refractivity contribution is -0.114. The van der Waals surface area contributed by atoms with Crippen molar-refractivity contribution >= 4 is 12.0 Å². The lowest BCUT2D eigenvalue weighted by atomic mass is 10.2. The number of phenols is 1. The number of phenolic OH excluding ortho intramolecular Hbond substituents is 1. The topological polar surface area (TPSA) is 87.1 Å². The summed E-state index contributed by atoms with van der Waals surface area (Å²) < 4.78 is 0. The fraction of sp³-hybridized carbons (Fsp3) is 0. The summed E-state index contributed by atoms with van der Waals surface area (Å²) >= 11 is 0. The van der Waals surface area contributed by atoms with E-state index >= 15 is 0 Å². The molecule has 80 valence electrons. The lowest BCUT2D eigenvalue weighted by Crippen LogP contribution is -2.12. The monoisotopic (exact) mass is 214 g/mol. The molecule has 1 aromatic rings. The van der Waals surface area contributed by atoms with E-state index in [2.05, 4.69) is 0 Å². The summed E-state index contributed by atoms with van der Waals surface area (Å²) in [7, 11) is 0. The number of hydrogen-bond acceptors (Lipinski definition) is 3. The summed E-state index contributed by atoms with van der Waals surface area (Å²) in [6, 6.07) is 8.19. The van der Waals surface area contributed by atoms with Gasteiger partial charge in [-0.15, -0.1) is 0 Å². The SMILES string of the molecule is N#C/C(=C\C=C\c1ccc(O)cc1)C(N)=O. The van der Waals surface area contributed by atoms with Crippen LogP contribution in [0.15, 0.2) is 42.0 Å². The second kappa shape index (κ2) is 5.37. The zero-order valence-electron chi connectivity index (χ0n) is 8.42. The smallest absolute Gasteiger partial charge is 0.259 e. The number of amides is 1. The van der Waals surface area contributed by atoms with Gasteiger partial charge in [0, 0.05) is 0 Å². The van der Waals surface area contributed by atoms with Crippen molar-refractivity contribution < 1.29 is 9.90 Å². The molecule has 0 aliphatic heterocycles. The number of allylic oxidation sites excluding steroid dienone is 2. The number of rotatable bonds is 3. The molecule has 0 aromatic heterocycles. The molecule has 1 aromatic carbocycles. The number of hydrogen-bond donors (Lipinski definition) is 2. The van der Waals surface area contributed by atoms with Crippen LogP contribution in [0.2, 0.25) is 0 Å². The van der Waals surface area contributed by atoms with Crippen LogP contribution in [0.3, 0.4) is 0 Å². The maximum absolute atomic E-state index is 10.7. The summed E-state index contributed by atoms with van der Waals surface area (Å²) in [6.45, 7) is 0. The standard InChI is InChI=1S/C12H10N2O2/c13-8-10(12(14)16)3-1-2-9-4-6-11(15)7-5-9/h1-7,15H,(H2,14,16)/b2-1+,10-3+. The highest BCUT2D eigenvalue weighted by Crippen LogP contribution is 2.10. The Balaban J connectivity index is 2.79. The van der Waals surface area contributed by atoms with Crippen LogP contribution in [0.5, 0.6) is 5.75 Å². The third kappa shape index (κ3) is 3.31. The molecule has 0 bridgehead atoms. The Morgan fingerprint density at radius 1 is 1.38 bits per heavy atom. The Morgan fingerprint density at radius 3 is 2.50 bits per heavy atom. The van der Waals surface area contributed by atoms with Crippen molar-refractivity contribution in [3.63, 3.8) is 0 Å². The fourth-order valence-corrected chi connectivity index (χ4v) is 1.02. The van der Waals surface area contributed by atoms with Crippen LogP contribution in [0.1, 0.15) is 5.56 Å². The van der Waals surface area contributed by atoms with Crippen molar-refractivity contribution in [1.82, 2.24) is 0 Å². The molecule has 3 N–H and O–H groups in total. The molecule has 0 aliphatic carbocycles. The zero-order chi connectivity index (χ0) is 12.0. The van der Waals surface area contributed by atoms with E-state index in [-0.39, 0.29) is 11.3 Å². The highest BCUT2D eigenvalue weighted by Gasteiger charge is 1.99. The first kappa shape index (κ1) is 11.5. The van der Waals surface area contributed by atoms with Gasteiger partial charge in [-0.1, -0.05) is 24.3 Å². The second-order valence-corrected chi connectivity index (χ2v) is 3.01. The van der Waals surface area contributed by atoms with E-state index in [9.17, 15) is 4.79 Å². The average Bonchev–Trinajstić information content (AvgIpc) is 2.26. The summed E-state index contributed by atoms with van der Waals surface area (Å²) in [4.78, 5) is 10.7. The van der Waals surface area contributed by atoms with Gasteiger partial charge in [-0.25, -0.2) is 0 Å². The Hall–Kier alpha value is -2.54. The molecule has 16 heavy (non-hydrogen) atoms. The van der Waals surface area contributed by atoms with Crippen molar-refractivity contribution in [2.45, 2.75) is 0 Å². The first-order chi connectivity index (χ1) is 7.63. The molecule has 0 unspecified atom stereocenters. The zero-order valence-corrected chi connectivity index (χ0v) is 8.42. The van der Waals surface area contributed by atoms with Crippen molar-refractivity contribution in [3.8, 4) is 11.8 Å². The summed E-state index contributed by atoms with van der Waals surface area (Å²) in [5.41, 5.74) is 5.69. The third-order valence-electron chi connectivity index (χ3n) is 1.83. The fourth-order valence-electron chi connectivity index (χ4n) is 1.02. The second-order valence-electron chi connectivity index (χ2n) is 3.01. The van der Waals surface area contributed by atoms with E-state index in [0.29, 0.717) is 0 Å². The molecule has 1 rings (SSSR count). The van der Waals surface area contributed by atoms with Crippen molar-refractivity contribution in [1.29, 1.82) is 5.26 Å². The summed E-state index contributed by atoms with van der Waals surface area (Å²) in [5.74, 6) is -0.569. The number of nitrogens with zero attached hydrogens (tertiary/aromatic N) is 1. The Bertz CT molecular complexity index is 479. The van der Waals surface area contributed by atoms with Crippen LogP contribution in [0.25, 0.3) is 6.08 Å². The van der Waals surface area contributed by atoms with Gasteiger partial charge in [-0.05, 0) is 23.8 Å². The minimum absolute atomic E-state index is 0.102. The number of aromatic hydroxyl groups is 1. The van der Waals surface area contributed by atoms with Crippen LogP contribution in [-0.2, 0) is 4.79 Å². The van der Waals surface area contributed by atoms with Gasteiger partial charge in [0.15, 0.2) is 0 Å². The quantitative estimate of drug-likeness (QED) is 0.452. The Morgan fingerprint density at radius 2 is 2.00 bits per heavy atom. The van der Waals surface area contributed by atoms with Crippen molar-refractivity contribution in [2.75, 3.05) is 0 Å². The van der Waals surface area contributed by atoms with Crippen LogP contribution in [0, 0.1) is 11.3 Å². The Labute approximate surface area is 92.9 Å². The molecule has 0 spiro atoms. The molecule has 1 amide bonds. The molecule has 0 aliphatic rings. The van der Waals surface area contributed by atoms with Gasteiger partial charge in [-0.2, -0.15) is 5.26 Å². The van der Waals surface area contributed by atoms with Gasteiger partial charge in [0.05, 0.1) is 0 Å². The van der Waals surface area contributed by atoms with E-state index in [1.165, 1.54) is 6.08 Å². The van der Waals surface area contributed by atoms with Crippen LogP contribution in [-0.4, -0.2) is 11.0 Å². The maximum Gasteiger partial charge on any atom is 0.259 e. The van der Waals surface area contributed by atoms with Gasteiger partial charge < -0.3 is 10.8 Å². The van der Waals surface area contributed by atoms with E-state index in [1.54, 1.807) is 42.5 Å². The number of carbonyl (C=O) groups excluding carboxylic acids is 1. The van der Waals surface area contributed by atoms with Crippen molar-refractivity contribution in [3.05, 3.63) is 47.6 Å². The summed E-state index contributed by atoms with van der Waals surface area (Å²) in [6.07, 6.45) is 4.59. The van der Waals surface area contributed by atoms with Crippen LogP contribution < -0.4 is 5.73 Å². The first-order valence-electron chi connectivity index (χ1n) is 4.51. The minimum atomic E-state index is -0.752. The maximum atomic E-state index is 10.7. The largest absolute Gasteiger partial charge is 0.508 e. The number of carbonyl (C=O) groups is 1. The predicted octanol–water partition coefficient (Wildman–Crippen LogP) is 1.34. The van der Waals surface area contributed by atoms with Crippen molar-refractivity contribution in [2.24, 2.45) is 5.73 Å². The van der Waals surface area contributed by atoms with Gasteiger partial charge in [0.1, 0.15) is 17.4 Å². The van der Waals surface area contributed by atoms with E-state index in [1.807, 2.05) is 0 Å². The average molecular weight is 214 g/mol. The molecule has 0 radical (unpaired) electrons. The number of nitriles is 1. The number of benzene rings is 1. The van der Waals surface area contributed by atoms with Gasteiger partial charge in [-0.3, -0.25) is 4.79 Å². The minimum Gasteiger partial charge on any atom is -0.508 e. The molecule has 0 atom stereocenters. The normalized spacial score (nSPS) is 11.3. The van der Waals surface area contributed by atoms with E-state index in [0.717, 1.165) is 5.56 Å². The molecule has 0 heterocycles. The highest BCUT2D eigenvalue weighted by molar-refractivity contribution is 5.96. The number of primary amides is 1. The Kier molecular flexibility index (Phi) is 3.87. The molecule has 4 nitrogen and oxygen atoms in total. The molecule has 0 saturated heterocycles. The lowest BCUT2D eigenvalue weighted by Gasteiger charge is -1.92. The van der Waals surface area contributed by atoms with Gasteiger partial charge in [0.25, 0.3) is 5.91 Å². The summed E-state index contributed by atoms with van der Waals surface area (Å²) in [5, 5.41) is 17.6. The van der Waals surface area contributed by atoms with Crippen LogP contribution >= 0.6 is 0 Å². The molecule has 4 heteroatoms. The first-order valence-corrected chi connectivity index (χ1v) is 4.51. The highest BCUT2D eigenvalue weighted by atomic mass is 16.3. The predicted molar refractivity (Wildman–Crippen MR) is 60.0 cm³/mol. The van der Waals surface area contributed by atoms with Gasteiger partial charge >= 0.3 is 0 Å². The third-order valence-corrected chi connectivity index (χ3v) is 1.83. The van der Waals surface area contributed by atoms with Gasteiger partial charge in [0.2, 0.25) is 0 Å². The van der Waals surface area contributed by atoms with Crippen LogP contribution in [0.4, 0.5) is 0 Å². The van der Waals surface area contributed by atoms with E-state index in [4.69, 9.17) is 16.1 Å². The molecule has 0 saturated carbocycles.